The Morgan fingerprint density at radius 2 is 2.10 bits per heavy atom. The fraction of sp³-hybridized carbons (Fsp3) is 0.667. The predicted octanol–water partition coefficient (Wildman–Crippen LogP) is 1.01. The van der Waals surface area contributed by atoms with Gasteiger partial charge in [-0.25, -0.2) is 0 Å². The molecule has 2 aliphatic rings. The number of nitrogens with two attached hydrogens (primary N) is 1. The van der Waals surface area contributed by atoms with Crippen LogP contribution in [0.15, 0.2) is 18.3 Å². The Bertz CT molecular complexity index is 428. The average molecular weight is 276 g/mol. The number of ether oxygens (including phenoxy) is 1. The number of hydrogen-bond donors (Lipinski definition) is 1. The predicted molar refractivity (Wildman–Crippen MR) is 79.8 cm³/mol. The van der Waals surface area contributed by atoms with E-state index < -0.39 is 0 Å². The second-order valence-electron chi connectivity index (χ2n) is 5.77. The second kappa shape index (κ2) is 6.08. The summed E-state index contributed by atoms with van der Waals surface area (Å²) in [6.07, 6.45) is 3.19. The maximum absolute atomic E-state index is 5.84. The van der Waals surface area contributed by atoms with Crippen molar-refractivity contribution in [2.75, 3.05) is 44.3 Å². The summed E-state index contributed by atoms with van der Waals surface area (Å²) in [5.41, 5.74) is 8.01. The van der Waals surface area contributed by atoms with Crippen molar-refractivity contribution in [1.82, 2.24) is 9.88 Å². The summed E-state index contributed by atoms with van der Waals surface area (Å²) in [6.45, 7) is 8.07. The molecule has 20 heavy (non-hydrogen) atoms. The zero-order valence-electron chi connectivity index (χ0n) is 12.2. The molecule has 3 rings (SSSR count). The van der Waals surface area contributed by atoms with E-state index in [1.54, 1.807) is 0 Å². The number of rotatable bonds is 3. The molecule has 0 saturated carbocycles. The SMILES string of the molecule is CC(N)c1ccc(N2CCC(N3CCOCC3)C2)cn1. The van der Waals surface area contributed by atoms with Crippen LogP contribution in [-0.4, -0.2) is 55.3 Å². The molecular weight excluding hydrogens is 252 g/mol. The van der Waals surface area contributed by atoms with Crippen LogP contribution in [0.2, 0.25) is 0 Å². The molecule has 2 N–H and O–H groups in total. The first-order chi connectivity index (χ1) is 9.74. The van der Waals surface area contributed by atoms with Gasteiger partial charge >= 0.3 is 0 Å². The van der Waals surface area contributed by atoms with E-state index in [1.165, 1.54) is 12.1 Å². The van der Waals surface area contributed by atoms with Gasteiger partial charge in [0.1, 0.15) is 0 Å². The van der Waals surface area contributed by atoms with Gasteiger partial charge in [-0.2, -0.15) is 0 Å². The Morgan fingerprint density at radius 1 is 1.30 bits per heavy atom. The molecule has 5 heteroatoms. The first-order valence-electron chi connectivity index (χ1n) is 7.52. The molecule has 0 radical (unpaired) electrons. The molecule has 1 aromatic heterocycles. The minimum atomic E-state index is 0.00345. The highest BCUT2D eigenvalue weighted by Crippen LogP contribution is 2.23. The van der Waals surface area contributed by atoms with Crippen molar-refractivity contribution in [2.24, 2.45) is 5.73 Å². The third-order valence-electron chi connectivity index (χ3n) is 4.33. The van der Waals surface area contributed by atoms with E-state index >= 15 is 0 Å². The van der Waals surface area contributed by atoms with Crippen molar-refractivity contribution in [3.05, 3.63) is 24.0 Å². The van der Waals surface area contributed by atoms with Gasteiger partial charge in [0.25, 0.3) is 0 Å². The lowest BCUT2D eigenvalue weighted by Gasteiger charge is -2.32. The molecule has 0 amide bonds. The van der Waals surface area contributed by atoms with Gasteiger partial charge in [-0.15, -0.1) is 0 Å². The highest BCUT2D eigenvalue weighted by molar-refractivity contribution is 5.46. The van der Waals surface area contributed by atoms with Gasteiger partial charge in [-0.05, 0) is 25.5 Å². The summed E-state index contributed by atoms with van der Waals surface area (Å²) >= 11 is 0. The van der Waals surface area contributed by atoms with Gasteiger partial charge in [0, 0.05) is 38.3 Å². The summed E-state index contributed by atoms with van der Waals surface area (Å²) in [5, 5.41) is 0. The summed E-state index contributed by atoms with van der Waals surface area (Å²) in [4.78, 5) is 9.45. The lowest BCUT2D eigenvalue weighted by molar-refractivity contribution is 0.0209. The van der Waals surface area contributed by atoms with Gasteiger partial charge in [-0.3, -0.25) is 9.88 Å². The molecule has 0 bridgehead atoms. The molecule has 2 aliphatic heterocycles. The number of aromatic nitrogens is 1. The first kappa shape index (κ1) is 13.8. The molecular formula is C15H24N4O. The lowest BCUT2D eigenvalue weighted by atomic mass is 10.2. The van der Waals surface area contributed by atoms with E-state index in [0.717, 1.165) is 45.1 Å². The van der Waals surface area contributed by atoms with Crippen molar-refractivity contribution in [2.45, 2.75) is 25.4 Å². The van der Waals surface area contributed by atoms with Gasteiger partial charge in [0.2, 0.25) is 0 Å². The van der Waals surface area contributed by atoms with Crippen molar-refractivity contribution in [1.29, 1.82) is 0 Å². The number of morpholine rings is 1. The van der Waals surface area contributed by atoms with Crippen LogP contribution in [0.1, 0.15) is 25.1 Å². The molecule has 2 fully saturated rings. The fourth-order valence-electron chi connectivity index (χ4n) is 3.07. The van der Waals surface area contributed by atoms with Crippen LogP contribution in [0.4, 0.5) is 5.69 Å². The van der Waals surface area contributed by atoms with Gasteiger partial charge in [0.05, 0.1) is 30.8 Å². The summed E-state index contributed by atoms with van der Waals surface area (Å²) in [7, 11) is 0. The molecule has 0 aliphatic carbocycles. The molecule has 2 unspecified atom stereocenters. The van der Waals surface area contributed by atoms with Crippen molar-refractivity contribution < 1.29 is 4.74 Å². The van der Waals surface area contributed by atoms with E-state index in [2.05, 4.69) is 20.9 Å². The zero-order valence-corrected chi connectivity index (χ0v) is 12.2. The van der Waals surface area contributed by atoms with Crippen LogP contribution in [0, 0.1) is 0 Å². The minimum absolute atomic E-state index is 0.00345. The summed E-state index contributed by atoms with van der Waals surface area (Å²) in [5.74, 6) is 0. The quantitative estimate of drug-likeness (QED) is 0.893. The maximum atomic E-state index is 5.84. The molecule has 0 aromatic carbocycles. The van der Waals surface area contributed by atoms with E-state index in [4.69, 9.17) is 10.5 Å². The lowest BCUT2D eigenvalue weighted by Crippen LogP contribution is -2.44. The van der Waals surface area contributed by atoms with E-state index in [0.29, 0.717) is 6.04 Å². The molecule has 5 nitrogen and oxygen atoms in total. The molecule has 2 atom stereocenters. The van der Waals surface area contributed by atoms with Crippen LogP contribution < -0.4 is 10.6 Å². The highest BCUT2D eigenvalue weighted by atomic mass is 16.5. The fourth-order valence-corrected chi connectivity index (χ4v) is 3.07. The number of hydrogen-bond acceptors (Lipinski definition) is 5. The van der Waals surface area contributed by atoms with Crippen LogP contribution in [0.5, 0.6) is 0 Å². The Labute approximate surface area is 120 Å². The van der Waals surface area contributed by atoms with Crippen LogP contribution in [0.25, 0.3) is 0 Å². The Morgan fingerprint density at radius 3 is 2.75 bits per heavy atom. The molecule has 1 aromatic rings. The smallest absolute Gasteiger partial charge is 0.0594 e. The topological polar surface area (TPSA) is 54.6 Å². The molecule has 0 spiro atoms. The van der Waals surface area contributed by atoms with Crippen molar-refractivity contribution in [3.63, 3.8) is 0 Å². The first-order valence-corrected chi connectivity index (χ1v) is 7.52. The van der Waals surface area contributed by atoms with Gasteiger partial charge in [0.15, 0.2) is 0 Å². The normalized spacial score (nSPS) is 25.9. The van der Waals surface area contributed by atoms with E-state index in [9.17, 15) is 0 Å². The Kier molecular flexibility index (Phi) is 4.19. The highest BCUT2D eigenvalue weighted by Gasteiger charge is 2.28. The third kappa shape index (κ3) is 2.95. The van der Waals surface area contributed by atoms with E-state index in [1.807, 2.05) is 19.2 Å². The molecule has 2 saturated heterocycles. The maximum Gasteiger partial charge on any atom is 0.0594 e. The summed E-state index contributed by atoms with van der Waals surface area (Å²) < 4.78 is 5.43. The molecule has 3 heterocycles. The number of pyridine rings is 1. The Balaban J connectivity index is 1.61. The minimum Gasteiger partial charge on any atom is -0.379 e. The zero-order chi connectivity index (χ0) is 13.9. The monoisotopic (exact) mass is 276 g/mol. The second-order valence-corrected chi connectivity index (χ2v) is 5.77. The third-order valence-corrected chi connectivity index (χ3v) is 4.33. The van der Waals surface area contributed by atoms with Crippen molar-refractivity contribution >= 4 is 5.69 Å². The summed E-state index contributed by atoms with van der Waals surface area (Å²) in [6, 6.07) is 4.85. The van der Waals surface area contributed by atoms with Gasteiger partial charge in [-0.1, -0.05) is 0 Å². The van der Waals surface area contributed by atoms with Crippen LogP contribution >= 0.6 is 0 Å². The van der Waals surface area contributed by atoms with Crippen LogP contribution in [0.3, 0.4) is 0 Å². The number of nitrogens with zero attached hydrogens (tertiary/aromatic N) is 3. The van der Waals surface area contributed by atoms with Gasteiger partial charge < -0.3 is 15.4 Å². The average Bonchev–Trinajstić information content (AvgIpc) is 2.98. The van der Waals surface area contributed by atoms with E-state index in [-0.39, 0.29) is 6.04 Å². The number of anilines is 1. The van der Waals surface area contributed by atoms with Crippen LogP contribution in [-0.2, 0) is 4.74 Å². The standard InChI is InChI=1S/C15H24N4O/c1-12(16)15-3-2-13(10-17-15)19-5-4-14(11-19)18-6-8-20-9-7-18/h2-3,10,12,14H,4-9,11,16H2,1H3. The largest absolute Gasteiger partial charge is 0.379 e. The van der Waals surface area contributed by atoms with Crippen molar-refractivity contribution in [3.8, 4) is 0 Å². The molecule has 110 valence electrons. The Hall–Kier alpha value is -1.17.